The van der Waals surface area contributed by atoms with E-state index < -0.39 is 0 Å². The van der Waals surface area contributed by atoms with Crippen LogP contribution in [0.25, 0.3) is 0 Å². The number of carbonyl (C=O) groups is 2. The molecule has 1 aliphatic rings. The summed E-state index contributed by atoms with van der Waals surface area (Å²) in [5, 5.41) is 6.06. The molecule has 2 aromatic heterocycles. The fraction of sp³-hybridized carbons (Fsp3) is 0.375. The highest BCUT2D eigenvalue weighted by Crippen LogP contribution is 2.43. The minimum absolute atomic E-state index is 0.0134. The highest BCUT2D eigenvalue weighted by atomic mass is 32.2. The lowest BCUT2D eigenvalue weighted by molar-refractivity contribution is -0.129. The molecule has 0 aromatic carbocycles. The summed E-state index contributed by atoms with van der Waals surface area (Å²) in [4.78, 5) is 29.0. The molecule has 7 heteroatoms. The Morgan fingerprint density at radius 2 is 2.17 bits per heavy atom. The quantitative estimate of drug-likeness (QED) is 0.813. The molecular weight excluding hydrogens is 348 g/mol. The highest BCUT2D eigenvalue weighted by molar-refractivity contribution is 8.01. The van der Waals surface area contributed by atoms with Crippen molar-refractivity contribution < 1.29 is 9.59 Å². The second-order valence-corrected chi connectivity index (χ2v) is 8.58. The number of carbonyl (C=O) groups excluding carboxylic acids is 2. The number of rotatable bonds is 5. The lowest BCUT2D eigenvalue weighted by Crippen LogP contribution is -2.38. The molecule has 2 atom stereocenters. The van der Waals surface area contributed by atoms with Crippen LogP contribution in [0.4, 0.5) is 0 Å². The van der Waals surface area contributed by atoms with E-state index in [1.165, 1.54) is 16.9 Å². The van der Waals surface area contributed by atoms with Crippen LogP contribution >= 0.6 is 34.4 Å². The van der Waals surface area contributed by atoms with Crippen LogP contribution in [0.5, 0.6) is 0 Å². The van der Waals surface area contributed by atoms with Crippen molar-refractivity contribution in [2.24, 2.45) is 0 Å². The first-order valence-electron chi connectivity index (χ1n) is 7.35. The molecule has 1 saturated heterocycles. The molecule has 3 rings (SSSR count). The van der Waals surface area contributed by atoms with Gasteiger partial charge in [0.15, 0.2) is 0 Å². The zero-order valence-corrected chi connectivity index (χ0v) is 15.4. The van der Waals surface area contributed by atoms with E-state index in [2.05, 4.69) is 11.4 Å². The van der Waals surface area contributed by atoms with Gasteiger partial charge in [-0.2, -0.15) is 11.3 Å². The van der Waals surface area contributed by atoms with Crippen LogP contribution in [0.15, 0.2) is 34.3 Å². The third-order valence-corrected chi connectivity index (χ3v) is 6.78. The zero-order chi connectivity index (χ0) is 16.4. The lowest BCUT2D eigenvalue weighted by atomic mass is 10.2. The van der Waals surface area contributed by atoms with Gasteiger partial charge in [-0.15, -0.1) is 23.1 Å². The second-order valence-electron chi connectivity index (χ2n) is 5.42. The van der Waals surface area contributed by atoms with Gasteiger partial charge in [0, 0.05) is 20.1 Å². The summed E-state index contributed by atoms with van der Waals surface area (Å²) in [5.74, 6) is 0.169. The summed E-state index contributed by atoms with van der Waals surface area (Å²) < 4.78 is 0. The molecule has 1 fully saturated rings. The Kier molecular flexibility index (Phi) is 5.08. The van der Waals surface area contributed by atoms with E-state index in [-0.39, 0.29) is 22.4 Å². The highest BCUT2D eigenvalue weighted by Gasteiger charge is 2.38. The summed E-state index contributed by atoms with van der Waals surface area (Å²) >= 11 is 4.77. The number of likely N-dealkylation sites (N-methyl/N-ethyl adjacent to an activating group) is 1. The van der Waals surface area contributed by atoms with E-state index in [4.69, 9.17) is 0 Å². The molecule has 0 saturated carbocycles. The number of thioether (sulfide) groups is 1. The molecule has 0 unspecified atom stereocenters. The van der Waals surface area contributed by atoms with Crippen molar-refractivity contribution in [3.8, 4) is 0 Å². The predicted octanol–water partition coefficient (Wildman–Crippen LogP) is 3.54. The van der Waals surface area contributed by atoms with Crippen molar-refractivity contribution in [3.63, 3.8) is 0 Å². The van der Waals surface area contributed by atoms with Crippen LogP contribution in [-0.2, 0) is 4.79 Å². The molecule has 122 valence electrons. The van der Waals surface area contributed by atoms with Gasteiger partial charge in [-0.1, -0.05) is 6.07 Å². The Balaban J connectivity index is 1.65. The zero-order valence-electron chi connectivity index (χ0n) is 13.0. The SMILES string of the molecule is C[C@@H]1S[C@H](c2ccsc2)N(CCN(C)C(=O)c2cccs2)C1=O. The number of thiophene rings is 2. The molecule has 4 nitrogen and oxygen atoms in total. The van der Waals surface area contributed by atoms with E-state index in [1.54, 1.807) is 35.0 Å². The van der Waals surface area contributed by atoms with E-state index in [1.807, 2.05) is 34.7 Å². The van der Waals surface area contributed by atoms with Gasteiger partial charge in [0.05, 0.1) is 10.1 Å². The topological polar surface area (TPSA) is 40.6 Å². The van der Waals surface area contributed by atoms with Crippen LogP contribution in [0.2, 0.25) is 0 Å². The van der Waals surface area contributed by atoms with E-state index in [0.29, 0.717) is 13.1 Å². The molecule has 0 spiro atoms. The Morgan fingerprint density at radius 3 is 2.83 bits per heavy atom. The largest absolute Gasteiger partial charge is 0.339 e. The fourth-order valence-corrected chi connectivity index (χ4v) is 5.30. The molecule has 0 radical (unpaired) electrons. The molecule has 2 aromatic rings. The first-order chi connectivity index (χ1) is 11.1. The summed E-state index contributed by atoms with van der Waals surface area (Å²) in [6.07, 6.45) is 0. The van der Waals surface area contributed by atoms with Crippen LogP contribution < -0.4 is 0 Å². The van der Waals surface area contributed by atoms with Gasteiger partial charge >= 0.3 is 0 Å². The van der Waals surface area contributed by atoms with Gasteiger partial charge in [-0.25, -0.2) is 0 Å². The fourth-order valence-electron chi connectivity index (χ4n) is 2.52. The Hall–Kier alpha value is -1.31. The van der Waals surface area contributed by atoms with Gasteiger partial charge < -0.3 is 9.80 Å². The van der Waals surface area contributed by atoms with Crippen molar-refractivity contribution in [1.82, 2.24) is 9.80 Å². The lowest BCUT2D eigenvalue weighted by Gasteiger charge is -2.26. The molecule has 2 amide bonds. The maximum Gasteiger partial charge on any atom is 0.263 e. The third kappa shape index (κ3) is 3.46. The van der Waals surface area contributed by atoms with Gasteiger partial charge in [-0.05, 0) is 40.8 Å². The Morgan fingerprint density at radius 1 is 1.35 bits per heavy atom. The number of hydrogen-bond donors (Lipinski definition) is 0. The smallest absolute Gasteiger partial charge is 0.263 e. The average Bonchev–Trinajstić information content (AvgIpc) is 3.27. The normalized spacial score (nSPS) is 21.0. The van der Waals surface area contributed by atoms with Gasteiger partial charge in [-0.3, -0.25) is 9.59 Å². The van der Waals surface area contributed by atoms with Gasteiger partial charge in [0.2, 0.25) is 5.91 Å². The van der Waals surface area contributed by atoms with Crippen molar-refractivity contribution in [2.75, 3.05) is 20.1 Å². The minimum Gasteiger partial charge on any atom is -0.339 e. The van der Waals surface area contributed by atoms with Crippen LogP contribution in [-0.4, -0.2) is 47.0 Å². The predicted molar refractivity (Wildman–Crippen MR) is 97.1 cm³/mol. The first kappa shape index (κ1) is 16.5. The number of hydrogen-bond acceptors (Lipinski definition) is 5. The molecule has 0 bridgehead atoms. The minimum atomic E-state index is -0.0294. The molecule has 3 heterocycles. The van der Waals surface area contributed by atoms with Crippen LogP contribution in [0, 0.1) is 0 Å². The number of amides is 2. The van der Waals surface area contributed by atoms with Crippen molar-refractivity contribution in [1.29, 1.82) is 0 Å². The van der Waals surface area contributed by atoms with E-state index in [9.17, 15) is 9.59 Å². The standard InChI is InChI=1S/C16H18N2O2S3/c1-11-14(19)18(16(23-11)12-5-9-21-10-12)7-6-17(2)15(20)13-4-3-8-22-13/h3-5,8-11,16H,6-7H2,1-2H3/t11-,16+/m0/s1. The summed E-state index contributed by atoms with van der Waals surface area (Å²) in [5.41, 5.74) is 1.17. The molecule has 1 aliphatic heterocycles. The maximum absolute atomic E-state index is 12.4. The molecule has 23 heavy (non-hydrogen) atoms. The summed E-state index contributed by atoms with van der Waals surface area (Å²) in [6.45, 7) is 3.05. The average molecular weight is 367 g/mol. The van der Waals surface area contributed by atoms with Crippen LogP contribution in [0.3, 0.4) is 0 Å². The van der Waals surface area contributed by atoms with Crippen LogP contribution in [0.1, 0.15) is 27.5 Å². The van der Waals surface area contributed by atoms with Gasteiger partial charge in [0.25, 0.3) is 5.91 Å². The van der Waals surface area contributed by atoms with Gasteiger partial charge in [0.1, 0.15) is 5.37 Å². The third-order valence-electron chi connectivity index (χ3n) is 3.83. The Bertz CT molecular complexity index is 670. The first-order valence-corrected chi connectivity index (χ1v) is 10.1. The maximum atomic E-state index is 12.4. The summed E-state index contributed by atoms with van der Waals surface area (Å²) in [7, 11) is 1.79. The summed E-state index contributed by atoms with van der Waals surface area (Å²) in [6, 6.07) is 5.78. The monoisotopic (exact) mass is 366 g/mol. The van der Waals surface area contributed by atoms with E-state index >= 15 is 0 Å². The number of nitrogens with zero attached hydrogens (tertiary/aromatic N) is 2. The Labute approximate surface area is 148 Å². The molecule has 0 N–H and O–H groups in total. The molecule has 0 aliphatic carbocycles. The van der Waals surface area contributed by atoms with Crippen molar-refractivity contribution in [3.05, 3.63) is 44.8 Å². The van der Waals surface area contributed by atoms with Crippen molar-refractivity contribution >= 4 is 46.2 Å². The second kappa shape index (κ2) is 7.07. The van der Waals surface area contributed by atoms with Crippen molar-refractivity contribution in [2.45, 2.75) is 17.5 Å². The molecular formula is C16H18N2O2S3. The van der Waals surface area contributed by atoms with E-state index in [0.717, 1.165) is 4.88 Å².